The molecular formula is C9H19N3O3. The molecule has 0 bridgehead atoms. The van der Waals surface area contributed by atoms with Crippen molar-refractivity contribution in [3.05, 3.63) is 0 Å². The fraction of sp³-hybridized carbons (Fsp3) is 0.778. The highest BCUT2D eigenvalue weighted by Gasteiger charge is 2.14. The molecule has 0 atom stereocenters. The Labute approximate surface area is 89.8 Å². The predicted molar refractivity (Wildman–Crippen MR) is 57.5 cm³/mol. The quantitative estimate of drug-likeness (QED) is 0.376. The molecule has 0 aromatic carbocycles. The molecule has 0 saturated heterocycles. The van der Waals surface area contributed by atoms with Gasteiger partial charge in [0.25, 0.3) is 0 Å². The Morgan fingerprint density at radius 1 is 1.47 bits per heavy atom. The van der Waals surface area contributed by atoms with Crippen LogP contribution in [0.5, 0.6) is 0 Å². The van der Waals surface area contributed by atoms with Crippen LogP contribution in [0.3, 0.4) is 0 Å². The number of rotatable bonds is 7. The zero-order chi connectivity index (χ0) is 11.7. The van der Waals surface area contributed by atoms with Crippen LogP contribution in [0.1, 0.15) is 26.2 Å². The first-order valence-corrected chi connectivity index (χ1v) is 4.83. The summed E-state index contributed by atoms with van der Waals surface area (Å²) >= 11 is 0. The first-order chi connectivity index (χ1) is 7.15. The number of carbonyl (C=O) groups excluding carboxylic acids is 1. The summed E-state index contributed by atoms with van der Waals surface area (Å²) in [5.74, 6) is 0. The molecule has 0 fully saturated rings. The first kappa shape index (κ1) is 13.9. The highest BCUT2D eigenvalue weighted by atomic mass is 16.7. The second-order valence-corrected chi connectivity index (χ2v) is 2.99. The number of primary amides is 1. The van der Waals surface area contributed by atoms with E-state index in [1.54, 1.807) is 0 Å². The number of urea groups is 1. The summed E-state index contributed by atoms with van der Waals surface area (Å²) in [6.45, 7) is 2.06. The van der Waals surface area contributed by atoms with Gasteiger partial charge in [0.2, 0.25) is 0 Å². The molecular weight excluding hydrogens is 198 g/mol. The fourth-order valence-corrected chi connectivity index (χ4v) is 1.08. The number of carbonyl (C=O) groups is 1. The molecule has 0 aliphatic carbocycles. The Morgan fingerprint density at radius 3 is 2.47 bits per heavy atom. The minimum absolute atomic E-state index is 0.539. The van der Waals surface area contributed by atoms with E-state index in [9.17, 15) is 4.79 Å². The number of nitrogens with zero attached hydrogens (tertiary/aromatic N) is 1. The van der Waals surface area contributed by atoms with Crippen molar-refractivity contribution in [3.63, 3.8) is 0 Å². The second-order valence-electron chi connectivity index (χ2n) is 2.99. The lowest BCUT2D eigenvalue weighted by molar-refractivity contribution is -0.0535. The molecule has 6 heteroatoms. The second kappa shape index (κ2) is 8.19. The molecule has 3 N–H and O–H groups in total. The summed E-state index contributed by atoms with van der Waals surface area (Å²) in [6, 6.07) is -0.699. The molecule has 0 aromatic rings. The van der Waals surface area contributed by atoms with E-state index in [0.29, 0.717) is 12.1 Å². The Balaban J connectivity index is 4.39. The van der Waals surface area contributed by atoms with E-state index in [1.165, 1.54) is 14.2 Å². The third-order valence-corrected chi connectivity index (χ3v) is 1.80. The zero-order valence-electron chi connectivity index (χ0n) is 9.45. The highest BCUT2D eigenvalue weighted by molar-refractivity contribution is 5.88. The molecule has 0 rings (SSSR count). The Bertz CT molecular complexity index is 215. The summed E-state index contributed by atoms with van der Waals surface area (Å²) in [6.07, 6.45) is 2.13. The molecule has 88 valence electrons. The molecule has 2 amide bonds. The van der Waals surface area contributed by atoms with Gasteiger partial charge in [0.05, 0.1) is 5.71 Å². The molecule has 0 saturated carbocycles. The molecule has 0 heterocycles. The number of hydrazone groups is 1. The van der Waals surface area contributed by atoms with Crippen molar-refractivity contribution >= 4 is 11.7 Å². The number of hydrogen-bond donors (Lipinski definition) is 2. The van der Waals surface area contributed by atoms with Crippen molar-refractivity contribution in [1.82, 2.24) is 5.43 Å². The topological polar surface area (TPSA) is 85.9 Å². The minimum Gasteiger partial charge on any atom is -0.351 e. The van der Waals surface area contributed by atoms with Gasteiger partial charge >= 0.3 is 6.03 Å². The molecule has 0 unspecified atom stereocenters. The molecule has 0 aliphatic heterocycles. The standard InChI is InChI=1S/C9H19N3O3/c1-4-5-6-7(8(14-2)15-3)11-12-9(10)13/h8H,4-6H2,1-3H3,(H3,10,12,13)/b11-7+. The van der Waals surface area contributed by atoms with Gasteiger partial charge in [-0.15, -0.1) is 0 Å². The van der Waals surface area contributed by atoms with E-state index >= 15 is 0 Å². The van der Waals surface area contributed by atoms with Gasteiger partial charge in [-0.1, -0.05) is 13.3 Å². The van der Waals surface area contributed by atoms with E-state index in [1.807, 2.05) is 0 Å². The number of nitrogens with one attached hydrogen (secondary N) is 1. The zero-order valence-corrected chi connectivity index (χ0v) is 9.45. The van der Waals surface area contributed by atoms with Crippen molar-refractivity contribution in [1.29, 1.82) is 0 Å². The number of amides is 2. The Kier molecular flexibility index (Phi) is 7.57. The fourth-order valence-electron chi connectivity index (χ4n) is 1.08. The molecule has 0 aromatic heterocycles. The summed E-state index contributed by atoms with van der Waals surface area (Å²) in [5, 5.41) is 3.84. The van der Waals surface area contributed by atoms with Crippen molar-refractivity contribution < 1.29 is 14.3 Å². The molecule has 6 nitrogen and oxygen atoms in total. The number of hydrogen-bond acceptors (Lipinski definition) is 4. The molecule has 0 aliphatic rings. The van der Waals surface area contributed by atoms with Crippen LogP contribution in [0.2, 0.25) is 0 Å². The summed E-state index contributed by atoms with van der Waals surface area (Å²) in [7, 11) is 3.03. The lowest BCUT2D eigenvalue weighted by Crippen LogP contribution is -2.31. The maximum atomic E-state index is 10.5. The third kappa shape index (κ3) is 6.03. The van der Waals surface area contributed by atoms with Crippen molar-refractivity contribution in [2.24, 2.45) is 10.8 Å². The largest absolute Gasteiger partial charge is 0.351 e. The van der Waals surface area contributed by atoms with Crippen LogP contribution in [0.4, 0.5) is 4.79 Å². The van der Waals surface area contributed by atoms with E-state index in [2.05, 4.69) is 17.5 Å². The van der Waals surface area contributed by atoms with Crippen molar-refractivity contribution in [2.75, 3.05) is 14.2 Å². The van der Waals surface area contributed by atoms with Crippen LogP contribution in [-0.4, -0.2) is 32.3 Å². The van der Waals surface area contributed by atoms with Crippen LogP contribution in [0.15, 0.2) is 5.10 Å². The van der Waals surface area contributed by atoms with E-state index in [0.717, 1.165) is 12.8 Å². The number of unbranched alkanes of at least 4 members (excludes halogenated alkanes) is 1. The van der Waals surface area contributed by atoms with Crippen LogP contribution in [0, 0.1) is 0 Å². The molecule has 0 spiro atoms. The van der Waals surface area contributed by atoms with E-state index in [-0.39, 0.29) is 0 Å². The Hall–Kier alpha value is -1.14. The lowest BCUT2D eigenvalue weighted by Gasteiger charge is -2.15. The van der Waals surface area contributed by atoms with E-state index < -0.39 is 12.3 Å². The van der Waals surface area contributed by atoms with Crippen LogP contribution in [0.25, 0.3) is 0 Å². The van der Waals surface area contributed by atoms with Crippen molar-refractivity contribution in [3.8, 4) is 0 Å². The van der Waals surface area contributed by atoms with Gasteiger partial charge in [0.15, 0.2) is 6.29 Å². The maximum Gasteiger partial charge on any atom is 0.332 e. The van der Waals surface area contributed by atoms with Gasteiger partial charge in [-0.2, -0.15) is 5.10 Å². The highest BCUT2D eigenvalue weighted by Crippen LogP contribution is 2.04. The first-order valence-electron chi connectivity index (χ1n) is 4.83. The van der Waals surface area contributed by atoms with Gasteiger partial charge < -0.3 is 15.2 Å². The van der Waals surface area contributed by atoms with Crippen LogP contribution < -0.4 is 11.2 Å². The monoisotopic (exact) mass is 217 g/mol. The predicted octanol–water partition coefficient (Wildman–Crippen LogP) is 0.820. The lowest BCUT2D eigenvalue weighted by atomic mass is 10.2. The van der Waals surface area contributed by atoms with E-state index in [4.69, 9.17) is 15.2 Å². The summed E-state index contributed by atoms with van der Waals surface area (Å²) in [4.78, 5) is 10.5. The molecule has 15 heavy (non-hydrogen) atoms. The van der Waals surface area contributed by atoms with Crippen LogP contribution in [-0.2, 0) is 9.47 Å². The molecule has 0 radical (unpaired) electrons. The van der Waals surface area contributed by atoms with Crippen molar-refractivity contribution in [2.45, 2.75) is 32.5 Å². The maximum absolute atomic E-state index is 10.5. The Morgan fingerprint density at radius 2 is 2.07 bits per heavy atom. The van der Waals surface area contributed by atoms with Gasteiger partial charge in [-0.3, -0.25) is 0 Å². The average Bonchev–Trinajstić information content (AvgIpc) is 2.22. The van der Waals surface area contributed by atoms with Crippen LogP contribution >= 0.6 is 0 Å². The normalized spacial score (nSPS) is 11.9. The smallest absolute Gasteiger partial charge is 0.332 e. The number of nitrogens with two attached hydrogens (primary N) is 1. The number of ether oxygens (including phenoxy) is 2. The van der Waals surface area contributed by atoms with Gasteiger partial charge in [0.1, 0.15) is 0 Å². The van der Waals surface area contributed by atoms with Gasteiger partial charge in [0, 0.05) is 14.2 Å². The summed E-state index contributed by atoms with van der Waals surface area (Å²) in [5.41, 5.74) is 7.71. The summed E-state index contributed by atoms with van der Waals surface area (Å²) < 4.78 is 10.1. The van der Waals surface area contributed by atoms with Gasteiger partial charge in [-0.05, 0) is 12.8 Å². The SMILES string of the molecule is CCCC/C(=N\NC(N)=O)C(OC)OC. The average molecular weight is 217 g/mol. The van der Waals surface area contributed by atoms with Gasteiger partial charge in [-0.25, -0.2) is 10.2 Å². The number of methoxy groups -OCH3 is 2. The minimum atomic E-state index is -0.699. The third-order valence-electron chi connectivity index (χ3n) is 1.80.